The Morgan fingerprint density at radius 1 is 0.960 bits per heavy atom. The summed E-state index contributed by atoms with van der Waals surface area (Å²) in [7, 11) is 0. The highest BCUT2D eigenvalue weighted by Gasteiger charge is 2.17. The van der Waals surface area contributed by atoms with Gasteiger partial charge in [-0.15, -0.1) is 0 Å². The molecule has 0 aliphatic carbocycles. The summed E-state index contributed by atoms with van der Waals surface area (Å²) in [5.41, 5.74) is 7.44. The van der Waals surface area contributed by atoms with Crippen molar-refractivity contribution in [3.8, 4) is 5.75 Å². The van der Waals surface area contributed by atoms with E-state index in [0.717, 1.165) is 11.1 Å². The molecule has 0 aromatic heterocycles. The van der Waals surface area contributed by atoms with Crippen molar-refractivity contribution in [3.05, 3.63) is 64.7 Å². The first kappa shape index (κ1) is 18.2. The van der Waals surface area contributed by atoms with Crippen molar-refractivity contribution in [2.75, 3.05) is 13.2 Å². The van der Waals surface area contributed by atoms with Gasteiger partial charge in [-0.1, -0.05) is 29.8 Å². The molecule has 0 saturated heterocycles. The van der Waals surface area contributed by atoms with Crippen LogP contribution in [-0.2, 0) is 9.53 Å². The number of primary amides is 1. The Kier molecular flexibility index (Phi) is 5.89. The van der Waals surface area contributed by atoms with Gasteiger partial charge in [0, 0.05) is 5.56 Å². The summed E-state index contributed by atoms with van der Waals surface area (Å²) in [5, 5.41) is 0. The van der Waals surface area contributed by atoms with Crippen LogP contribution in [0.25, 0.3) is 0 Å². The number of para-hydroxylation sites is 1. The summed E-state index contributed by atoms with van der Waals surface area (Å²) < 4.78 is 10.3. The summed E-state index contributed by atoms with van der Waals surface area (Å²) in [4.78, 5) is 35.3. The average molecular weight is 341 g/mol. The second kappa shape index (κ2) is 8.10. The van der Waals surface area contributed by atoms with Crippen molar-refractivity contribution in [2.24, 2.45) is 5.73 Å². The van der Waals surface area contributed by atoms with Gasteiger partial charge in [-0.05, 0) is 37.6 Å². The Morgan fingerprint density at radius 3 is 2.40 bits per heavy atom. The summed E-state index contributed by atoms with van der Waals surface area (Å²) in [6.07, 6.45) is 0. The Hall–Kier alpha value is -3.15. The van der Waals surface area contributed by atoms with Gasteiger partial charge in [0.15, 0.2) is 13.2 Å². The van der Waals surface area contributed by atoms with Gasteiger partial charge in [-0.2, -0.15) is 0 Å². The van der Waals surface area contributed by atoms with E-state index in [1.807, 2.05) is 26.0 Å². The average Bonchev–Trinajstić information content (AvgIpc) is 2.59. The molecule has 0 fully saturated rings. The molecule has 2 aromatic carbocycles. The zero-order chi connectivity index (χ0) is 18.4. The molecule has 130 valence electrons. The monoisotopic (exact) mass is 341 g/mol. The van der Waals surface area contributed by atoms with Crippen LogP contribution in [-0.4, -0.2) is 30.9 Å². The third kappa shape index (κ3) is 4.91. The van der Waals surface area contributed by atoms with Crippen molar-refractivity contribution < 1.29 is 23.9 Å². The minimum atomic E-state index is -0.710. The zero-order valence-electron chi connectivity index (χ0n) is 14.1. The molecule has 1 amide bonds. The highest BCUT2D eigenvalue weighted by Crippen LogP contribution is 2.19. The maximum Gasteiger partial charge on any atom is 0.342 e. The number of hydrogen-bond acceptors (Lipinski definition) is 5. The van der Waals surface area contributed by atoms with Crippen LogP contribution >= 0.6 is 0 Å². The molecule has 0 atom stereocenters. The molecule has 0 aliphatic heterocycles. The lowest BCUT2D eigenvalue weighted by molar-refractivity contribution is -0.119. The van der Waals surface area contributed by atoms with Crippen molar-refractivity contribution in [3.63, 3.8) is 0 Å². The van der Waals surface area contributed by atoms with E-state index >= 15 is 0 Å². The molecule has 0 radical (unpaired) electrons. The van der Waals surface area contributed by atoms with E-state index in [1.165, 1.54) is 12.1 Å². The number of aryl methyl sites for hydroxylation is 2. The Morgan fingerprint density at radius 2 is 1.68 bits per heavy atom. The fourth-order valence-electron chi connectivity index (χ4n) is 2.23. The molecule has 0 bridgehead atoms. The summed E-state index contributed by atoms with van der Waals surface area (Å²) in [6.45, 7) is 2.97. The van der Waals surface area contributed by atoms with Gasteiger partial charge in [0.25, 0.3) is 5.91 Å². The number of ether oxygens (including phenoxy) is 2. The lowest BCUT2D eigenvalue weighted by Crippen LogP contribution is -2.21. The number of amides is 1. The fourth-order valence-corrected chi connectivity index (χ4v) is 2.23. The number of nitrogens with two attached hydrogens (primary N) is 1. The first-order valence-electron chi connectivity index (χ1n) is 7.66. The van der Waals surface area contributed by atoms with Crippen molar-refractivity contribution in [1.82, 2.24) is 0 Å². The van der Waals surface area contributed by atoms with Gasteiger partial charge in [0.2, 0.25) is 5.78 Å². The molecule has 6 heteroatoms. The van der Waals surface area contributed by atoms with E-state index in [9.17, 15) is 14.4 Å². The Balaban J connectivity index is 2.06. The van der Waals surface area contributed by atoms with Crippen LogP contribution in [0.5, 0.6) is 5.75 Å². The van der Waals surface area contributed by atoms with Gasteiger partial charge in [-0.25, -0.2) is 4.79 Å². The number of esters is 1. The van der Waals surface area contributed by atoms with Crippen LogP contribution in [0.3, 0.4) is 0 Å². The van der Waals surface area contributed by atoms with E-state index in [0.29, 0.717) is 5.56 Å². The molecule has 0 spiro atoms. The van der Waals surface area contributed by atoms with E-state index in [-0.39, 0.29) is 30.3 Å². The minimum absolute atomic E-state index is 0.123. The maximum atomic E-state index is 12.3. The number of Topliss-reactive ketones (excluding diaryl/α,β-unsaturated/α-hetero) is 1. The molecule has 2 rings (SSSR count). The minimum Gasteiger partial charge on any atom is -0.483 e. The molecule has 25 heavy (non-hydrogen) atoms. The fraction of sp³-hybridized carbons (Fsp3) is 0.211. The number of hydrogen-bond donors (Lipinski definition) is 1. The first-order valence-corrected chi connectivity index (χ1v) is 7.66. The summed E-state index contributed by atoms with van der Waals surface area (Å²) in [6, 6.07) is 11.8. The lowest BCUT2D eigenvalue weighted by atomic mass is 10.0. The molecular formula is C19H19NO5. The van der Waals surface area contributed by atoms with E-state index in [4.69, 9.17) is 15.2 Å². The second-order valence-corrected chi connectivity index (χ2v) is 5.57. The second-order valence-electron chi connectivity index (χ2n) is 5.57. The summed E-state index contributed by atoms with van der Waals surface area (Å²) in [5.74, 6) is -1.48. The molecule has 0 saturated carbocycles. The highest BCUT2D eigenvalue weighted by molar-refractivity contribution is 6.01. The number of benzene rings is 2. The SMILES string of the molecule is Cc1ccc(C)c(C(=O)COC(=O)c2ccccc2OCC(N)=O)c1. The topological polar surface area (TPSA) is 95.7 Å². The maximum absolute atomic E-state index is 12.3. The molecule has 2 N–H and O–H groups in total. The predicted molar refractivity (Wildman–Crippen MR) is 91.7 cm³/mol. The first-order chi connectivity index (χ1) is 11.9. The third-order valence-electron chi connectivity index (χ3n) is 3.50. The van der Waals surface area contributed by atoms with Crippen LogP contribution in [0, 0.1) is 13.8 Å². The normalized spacial score (nSPS) is 10.2. The molecule has 2 aromatic rings. The van der Waals surface area contributed by atoms with Crippen molar-refractivity contribution in [2.45, 2.75) is 13.8 Å². The van der Waals surface area contributed by atoms with Gasteiger partial charge in [-0.3, -0.25) is 9.59 Å². The molecule has 0 aliphatic rings. The zero-order valence-corrected chi connectivity index (χ0v) is 14.1. The molecular weight excluding hydrogens is 322 g/mol. The third-order valence-corrected chi connectivity index (χ3v) is 3.50. The van der Waals surface area contributed by atoms with Gasteiger partial charge < -0.3 is 15.2 Å². The molecule has 6 nitrogen and oxygen atoms in total. The number of rotatable bonds is 7. The Bertz CT molecular complexity index is 813. The molecule has 0 heterocycles. The smallest absolute Gasteiger partial charge is 0.342 e. The quantitative estimate of drug-likeness (QED) is 0.615. The van der Waals surface area contributed by atoms with Crippen LogP contribution in [0.1, 0.15) is 31.8 Å². The van der Waals surface area contributed by atoms with Crippen LogP contribution < -0.4 is 10.5 Å². The molecule has 0 unspecified atom stereocenters. The Labute approximate surface area is 145 Å². The standard InChI is InChI=1S/C19H19NO5/c1-12-7-8-13(2)15(9-12)16(21)10-25-19(23)14-5-3-4-6-17(14)24-11-18(20)22/h3-9H,10-11H2,1-2H3,(H2,20,22). The van der Waals surface area contributed by atoms with E-state index in [2.05, 4.69) is 0 Å². The largest absolute Gasteiger partial charge is 0.483 e. The van der Waals surface area contributed by atoms with Crippen molar-refractivity contribution >= 4 is 17.7 Å². The van der Waals surface area contributed by atoms with E-state index in [1.54, 1.807) is 18.2 Å². The number of ketones is 1. The van der Waals surface area contributed by atoms with Crippen LogP contribution in [0.2, 0.25) is 0 Å². The van der Waals surface area contributed by atoms with Gasteiger partial charge >= 0.3 is 5.97 Å². The van der Waals surface area contributed by atoms with E-state index < -0.39 is 11.9 Å². The number of carbonyl (C=O) groups excluding carboxylic acids is 3. The highest BCUT2D eigenvalue weighted by atomic mass is 16.5. The van der Waals surface area contributed by atoms with Crippen LogP contribution in [0.4, 0.5) is 0 Å². The predicted octanol–water partition coefficient (Wildman–Crippen LogP) is 2.21. The van der Waals surface area contributed by atoms with Crippen molar-refractivity contribution in [1.29, 1.82) is 0 Å². The van der Waals surface area contributed by atoms with Gasteiger partial charge in [0.05, 0.1) is 0 Å². The number of carbonyl (C=O) groups is 3. The van der Waals surface area contributed by atoms with Gasteiger partial charge in [0.1, 0.15) is 11.3 Å². The van der Waals surface area contributed by atoms with Crippen LogP contribution in [0.15, 0.2) is 42.5 Å². The lowest BCUT2D eigenvalue weighted by Gasteiger charge is -2.10. The summed E-state index contributed by atoms with van der Waals surface area (Å²) >= 11 is 0.